The predicted molar refractivity (Wildman–Crippen MR) is 94.3 cm³/mol. The molecule has 5 N–H and O–H groups in total. The van der Waals surface area contributed by atoms with Gasteiger partial charge < -0.3 is 11.1 Å². The minimum Gasteiger partial charge on any atom is -0.352 e. The second-order valence-electron chi connectivity index (χ2n) is 4.80. The number of urea groups is 1. The van der Waals surface area contributed by atoms with Crippen molar-refractivity contribution in [2.75, 3.05) is 0 Å². The van der Waals surface area contributed by atoms with E-state index in [1.807, 2.05) is 30.3 Å². The molecule has 2 rings (SSSR count). The van der Waals surface area contributed by atoms with Gasteiger partial charge in [-0.2, -0.15) is 0 Å². The Balaban J connectivity index is 1.96. The van der Waals surface area contributed by atoms with Gasteiger partial charge in [0.1, 0.15) is 6.04 Å². The molecule has 9 heteroatoms. The lowest BCUT2D eigenvalue weighted by atomic mass is 10.1. The Labute approximate surface area is 150 Å². The van der Waals surface area contributed by atoms with Gasteiger partial charge in [-0.3, -0.25) is 20.4 Å². The van der Waals surface area contributed by atoms with E-state index in [9.17, 15) is 14.4 Å². The monoisotopic (exact) mass is 410 g/mol. The summed E-state index contributed by atoms with van der Waals surface area (Å²) in [4.78, 5) is 35.7. The Morgan fingerprint density at radius 1 is 1.08 bits per heavy atom. The number of nitrogens with two attached hydrogens (primary N) is 1. The lowest BCUT2D eigenvalue weighted by molar-refractivity contribution is -0.123. The lowest BCUT2D eigenvalue weighted by Gasteiger charge is -2.17. The molecular formula is C15H15BrN4O3S. The number of primary amides is 1. The number of hydrogen-bond donors (Lipinski definition) is 4. The molecule has 0 aliphatic heterocycles. The van der Waals surface area contributed by atoms with Gasteiger partial charge >= 0.3 is 6.03 Å². The van der Waals surface area contributed by atoms with Gasteiger partial charge in [0.05, 0.1) is 8.66 Å². The Morgan fingerprint density at radius 3 is 2.38 bits per heavy atom. The van der Waals surface area contributed by atoms with Crippen LogP contribution < -0.4 is 21.9 Å². The minimum atomic E-state index is -0.903. The number of hydrogen-bond acceptors (Lipinski definition) is 4. The van der Waals surface area contributed by atoms with Crippen molar-refractivity contribution in [2.45, 2.75) is 12.5 Å². The van der Waals surface area contributed by atoms with Gasteiger partial charge in [0, 0.05) is 6.42 Å². The summed E-state index contributed by atoms with van der Waals surface area (Å²) in [5.74, 6) is -1.02. The van der Waals surface area contributed by atoms with Crippen LogP contribution in [0.25, 0.3) is 0 Å². The zero-order chi connectivity index (χ0) is 17.5. The van der Waals surface area contributed by atoms with E-state index in [4.69, 9.17) is 5.73 Å². The largest absolute Gasteiger partial charge is 0.352 e. The van der Waals surface area contributed by atoms with Gasteiger partial charge in [0.25, 0.3) is 11.8 Å². The maximum Gasteiger partial charge on any atom is 0.312 e. The van der Waals surface area contributed by atoms with Crippen LogP contribution in [0.5, 0.6) is 0 Å². The number of halogens is 1. The fourth-order valence-electron chi connectivity index (χ4n) is 1.93. The predicted octanol–water partition coefficient (Wildman–Crippen LogP) is 1.55. The molecule has 2 aromatic rings. The average Bonchev–Trinajstić information content (AvgIpc) is 2.99. The number of carbonyl (C=O) groups is 3. The van der Waals surface area contributed by atoms with Crippen molar-refractivity contribution in [1.29, 1.82) is 0 Å². The fourth-order valence-corrected chi connectivity index (χ4v) is 3.22. The third-order valence-corrected chi connectivity index (χ3v) is 4.63. The van der Waals surface area contributed by atoms with Crippen LogP contribution in [0, 0.1) is 0 Å². The molecule has 0 aliphatic carbocycles. The first-order valence-electron chi connectivity index (χ1n) is 6.91. The first kappa shape index (κ1) is 18.0. The lowest BCUT2D eigenvalue weighted by Crippen LogP contribution is -2.54. The zero-order valence-electron chi connectivity index (χ0n) is 12.4. The smallest absolute Gasteiger partial charge is 0.312 e. The molecule has 1 atom stereocenters. The highest BCUT2D eigenvalue weighted by atomic mass is 79.9. The average molecular weight is 411 g/mol. The normalized spacial score (nSPS) is 11.4. The van der Waals surface area contributed by atoms with E-state index in [1.165, 1.54) is 11.3 Å². The Bertz CT molecular complexity index is 735. The van der Waals surface area contributed by atoms with Crippen molar-refractivity contribution in [3.63, 3.8) is 0 Å². The fraction of sp³-hybridized carbons (Fsp3) is 0.133. The van der Waals surface area contributed by atoms with E-state index in [-0.39, 0.29) is 6.42 Å². The van der Waals surface area contributed by atoms with E-state index < -0.39 is 23.9 Å². The first-order chi connectivity index (χ1) is 11.5. The highest BCUT2D eigenvalue weighted by Gasteiger charge is 2.21. The molecule has 126 valence electrons. The van der Waals surface area contributed by atoms with Crippen LogP contribution in [0.3, 0.4) is 0 Å². The molecule has 0 saturated carbocycles. The van der Waals surface area contributed by atoms with Gasteiger partial charge in [0.2, 0.25) is 0 Å². The van der Waals surface area contributed by atoms with Gasteiger partial charge in [-0.15, -0.1) is 11.3 Å². The van der Waals surface area contributed by atoms with Gasteiger partial charge in [0.15, 0.2) is 0 Å². The Morgan fingerprint density at radius 2 is 1.79 bits per heavy atom. The van der Waals surface area contributed by atoms with Crippen molar-refractivity contribution in [1.82, 2.24) is 16.2 Å². The molecule has 0 bridgehead atoms. The summed E-state index contributed by atoms with van der Waals surface area (Å²) in [5, 5.41) is 2.37. The molecule has 1 heterocycles. The number of carbonyl (C=O) groups excluding carboxylic acids is 3. The van der Waals surface area contributed by atoms with Crippen LogP contribution in [-0.2, 0) is 11.2 Å². The van der Waals surface area contributed by atoms with E-state index >= 15 is 0 Å². The Kier molecular flexibility index (Phi) is 6.33. The van der Waals surface area contributed by atoms with Crippen molar-refractivity contribution in [2.24, 2.45) is 5.73 Å². The van der Waals surface area contributed by atoms with E-state index in [1.54, 1.807) is 12.1 Å². The summed E-state index contributed by atoms with van der Waals surface area (Å²) in [5.41, 5.74) is 10.6. The summed E-state index contributed by atoms with van der Waals surface area (Å²) in [7, 11) is 0. The van der Waals surface area contributed by atoms with Crippen molar-refractivity contribution in [3.05, 3.63) is 56.7 Å². The highest BCUT2D eigenvalue weighted by Crippen LogP contribution is 2.21. The highest BCUT2D eigenvalue weighted by molar-refractivity contribution is 9.11. The van der Waals surface area contributed by atoms with Crippen LogP contribution in [0.2, 0.25) is 0 Å². The third-order valence-electron chi connectivity index (χ3n) is 3.01. The molecule has 24 heavy (non-hydrogen) atoms. The van der Waals surface area contributed by atoms with Crippen molar-refractivity contribution < 1.29 is 14.4 Å². The molecule has 0 fully saturated rings. The summed E-state index contributed by atoms with van der Waals surface area (Å²) in [6, 6.07) is 10.8. The number of amides is 4. The maximum atomic E-state index is 12.2. The van der Waals surface area contributed by atoms with Crippen LogP contribution in [0.15, 0.2) is 46.3 Å². The standard InChI is InChI=1S/C15H15BrN4O3S/c16-12-7-6-11(24-12)14(22)20-19-13(21)10(18-15(17)23)8-9-4-2-1-3-5-9/h1-7,10H,8H2,(H,19,21)(H,20,22)(H3,17,18,23). The number of rotatable bonds is 5. The van der Waals surface area contributed by atoms with E-state index in [0.29, 0.717) is 4.88 Å². The maximum absolute atomic E-state index is 12.2. The number of nitrogens with one attached hydrogen (secondary N) is 3. The summed E-state index contributed by atoms with van der Waals surface area (Å²) >= 11 is 4.49. The molecule has 0 saturated heterocycles. The molecule has 1 aromatic heterocycles. The summed E-state index contributed by atoms with van der Waals surface area (Å²) in [6.07, 6.45) is 0.246. The molecule has 0 radical (unpaired) electrons. The number of thiophene rings is 1. The van der Waals surface area contributed by atoms with Gasteiger partial charge in [-0.1, -0.05) is 30.3 Å². The molecule has 1 unspecified atom stereocenters. The molecule has 7 nitrogen and oxygen atoms in total. The molecule has 4 amide bonds. The van der Waals surface area contributed by atoms with Crippen molar-refractivity contribution >= 4 is 45.1 Å². The van der Waals surface area contributed by atoms with Crippen molar-refractivity contribution in [3.8, 4) is 0 Å². The van der Waals surface area contributed by atoms with Crippen LogP contribution >= 0.6 is 27.3 Å². The number of hydrazine groups is 1. The zero-order valence-corrected chi connectivity index (χ0v) is 14.8. The van der Waals surface area contributed by atoms with Crippen LogP contribution in [-0.4, -0.2) is 23.9 Å². The second kappa shape index (κ2) is 8.46. The van der Waals surface area contributed by atoms with Crippen LogP contribution in [0.4, 0.5) is 4.79 Å². The topological polar surface area (TPSA) is 113 Å². The summed E-state index contributed by atoms with van der Waals surface area (Å²) < 4.78 is 0.802. The minimum absolute atomic E-state index is 0.246. The summed E-state index contributed by atoms with van der Waals surface area (Å²) in [6.45, 7) is 0. The second-order valence-corrected chi connectivity index (χ2v) is 7.26. The molecule has 0 spiro atoms. The third kappa shape index (κ3) is 5.36. The molecule has 1 aromatic carbocycles. The Hall–Kier alpha value is -2.39. The van der Waals surface area contributed by atoms with Gasteiger partial charge in [-0.05, 0) is 33.6 Å². The number of benzene rings is 1. The van der Waals surface area contributed by atoms with Gasteiger partial charge in [-0.25, -0.2) is 4.79 Å². The molecule has 0 aliphatic rings. The SMILES string of the molecule is NC(=O)NC(Cc1ccccc1)C(=O)NNC(=O)c1ccc(Br)s1. The van der Waals surface area contributed by atoms with Crippen LogP contribution in [0.1, 0.15) is 15.2 Å². The molecular weight excluding hydrogens is 396 g/mol. The first-order valence-corrected chi connectivity index (χ1v) is 8.52. The quantitative estimate of drug-likeness (QED) is 0.560. The van der Waals surface area contributed by atoms with E-state index in [0.717, 1.165) is 9.35 Å². The van der Waals surface area contributed by atoms with E-state index in [2.05, 4.69) is 32.1 Å².